The van der Waals surface area contributed by atoms with Crippen molar-refractivity contribution in [3.05, 3.63) is 153 Å². The molecule has 0 amide bonds. The summed E-state index contributed by atoms with van der Waals surface area (Å²) in [6.07, 6.45) is 23.2. The number of rotatable bonds is 14. The number of carbonyl (C=O) groups excluding carboxylic acids is 3. The molecule has 1 atom stereocenters. The molecule has 2 saturated carbocycles. The third-order valence-electron chi connectivity index (χ3n) is 7.13. The number of hydrogen-bond acceptors (Lipinski definition) is 10. The van der Waals surface area contributed by atoms with Gasteiger partial charge in [0.25, 0.3) is 0 Å². The zero-order chi connectivity index (χ0) is 37.0. The Morgan fingerprint density at radius 3 is 1.57 bits per heavy atom. The minimum Gasteiger partial charge on any atom is -0.872 e. The van der Waals surface area contributed by atoms with Gasteiger partial charge in [0.05, 0.1) is 32.7 Å². The van der Waals surface area contributed by atoms with Gasteiger partial charge in [-0.15, -0.1) is 5.75 Å². The van der Waals surface area contributed by atoms with Gasteiger partial charge in [-0.3, -0.25) is 9.59 Å². The summed E-state index contributed by atoms with van der Waals surface area (Å²) >= 11 is 0. The van der Waals surface area contributed by atoms with Crippen LogP contribution in [0, 0.1) is 63.7 Å². The van der Waals surface area contributed by atoms with Crippen LogP contribution in [0.5, 0.6) is 28.7 Å². The molecular weight excluding hydrogens is 770 g/mol. The predicted molar refractivity (Wildman–Crippen MR) is 186 cm³/mol. The number of allylic oxidation sites excluding steroid dienone is 2. The molecule has 0 bridgehead atoms. The Morgan fingerprint density at radius 2 is 1.15 bits per heavy atom. The molecule has 5 rings (SSSR count). The van der Waals surface area contributed by atoms with E-state index >= 15 is 0 Å². The van der Waals surface area contributed by atoms with Crippen LogP contribution in [0.4, 0.5) is 0 Å². The number of carbonyl (C=O) groups is 3. The molecule has 11 radical (unpaired) electrons. The molecule has 53 heavy (non-hydrogen) atoms. The van der Waals surface area contributed by atoms with Gasteiger partial charge in [0.15, 0.2) is 11.6 Å². The first-order chi connectivity index (χ1) is 24.6. The van der Waals surface area contributed by atoms with Crippen molar-refractivity contribution in [2.24, 2.45) is 0 Å². The van der Waals surface area contributed by atoms with Crippen LogP contribution in [0.3, 0.4) is 0 Å². The monoisotopic (exact) mass is 806 g/mol. The Hall–Kier alpha value is -4.05. The van der Waals surface area contributed by atoms with Crippen molar-refractivity contribution < 1.29 is 78.4 Å². The molecule has 0 unspecified atom stereocenters. The molecule has 2 fully saturated rings. The topological polar surface area (TPSA) is 174 Å². The summed E-state index contributed by atoms with van der Waals surface area (Å²) in [4.78, 5) is 34.9. The van der Waals surface area contributed by atoms with Crippen LogP contribution in [-0.2, 0) is 54.9 Å². The van der Waals surface area contributed by atoms with Gasteiger partial charge in [-0.2, -0.15) is 0 Å². The van der Waals surface area contributed by atoms with Crippen LogP contribution < -0.4 is 35.2 Å². The molecule has 1 N–H and O–H groups in total. The number of ether oxygens (including phenoxy) is 2. The van der Waals surface area contributed by atoms with Crippen LogP contribution in [0.2, 0.25) is 0 Å². The van der Waals surface area contributed by atoms with E-state index in [9.17, 15) is 34.8 Å². The normalized spacial score (nSPS) is 14.2. The van der Waals surface area contributed by atoms with Crippen LogP contribution in [0.25, 0.3) is 12.2 Å². The van der Waals surface area contributed by atoms with E-state index in [0.29, 0.717) is 24.1 Å². The fourth-order valence-electron chi connectivity index (χ4n) is 4.44. The van der Waals surface area contributed by atoms with E-state index in [0.717, 1.165) is 11.5 Å². The number of aliphatic carboxylic acids is 1. The number of hydrogen-bond donors (Lipinski definition) is 1. The van der Waals surface area contributed by atoms with Crippen molar-refractivity contribution in [1.29, 1.82) is 0 Å². The summed E-state index contributed by atoms with van der Waals surface area (Å²) in [7, 11) is 2.78. The number of ketones is 2. The molecule has 10 nitrogen and oxygen atoms in total. The first-order valence-electron chi connectivity index (χ1n) is 15.8. The van der Waals surface area contributed by atoms with Crippen molar-refractivity contribution >= 4 is 29.7 Å². The Balaban J connectivity index is 0.000000469. The molecule has 0 saturated heterocycles. The standard InChI is InChI=1S/C21H20O6.C15H16NO3.C5H5.Cu.Fe/c1-26-20-11-14(5-9-18(20)24)3-7-16(22)13-17(23)8-4-15-6-10-19(25)21(12-15)27-2;17-13-7-5-11(6-8-13)9-14(15(18)19)16-10-12-3-1-2-4-12;1-2-4-5-3-1;;/h3-12,24-25H,13H2,1-2H3;1-8,14,16-17H,9-10H2,(H,18,19);1-5H;;/q;;;2*+2/p-4/b7-3+,8-4+;;;;/t;14-;;;/m.0.../s1. The molecule has 2 aliphatic rings. The van der Waals surface area contributed by atoms with Crippen molar-refractivity contribution in [3.63, 3.8) is 0 Å². The van der Waals surface area contributed by atoms with Crippen molar-refractivity contribution in [2.45, 2.75) is 18.9 Å². The Morgan fingerprint density at radius 1 is 0.698 bits per heavy atom. The van der Waals surface area contributed by atoms with Gasteiger partial charge in [-0.25, -0.2) is 0 Å². The van der Waals surface area contributed by atoms with Gasteiger partial charge >= 0.3 is 34.1 Å². The maximum absolute atomic E-state index is 11.9. The van der Waals surface area contributed by atoms with Crippen LogP contribution >= 0.6 is 0 Å². The van der Waals surface area contributed by atoms with E-state index in [1.807, 2.05) is 57.8 Å². The smallest absolute Gasteiger partial charge is 0.872 e. The molecule has 12 heteroatoms. The minimum atomic E-state index is -1.14. The summed E-state index contributed by atoms with van der Waals surface area (Å²) in [5.41, 5.74) is 2.03. The summed E-state index contributed by atoms with van der Waals surface area (Å²) in [5, 5.41) is 47.9. The molecule has 3 aromatic rings. The molecule has 3 aromatic carbocycles. The SMILES string of the molecule is COc1cc(/C=C/C(=O)CC(=O)/C=C/c2ccc([O-])c(OC)c2)ccc1[O-].O=C([O-])[C@H](Cc1ccc([O-])cc1)NC[C]1[CH][CH][CH][CH]1.[CH]1[CH][CH][CH][CH]1.[Cu+2].[Fe+2]. The number of nitrogens with one attached hydrogen (secondary N) is 1. The van der Waals surface area contributed by atoms with Gasteiger partial charge in [0.2, 0.25) is 0 Å². The minimum absolute atomic E-state index is 0. The summed E-state index contributed by atoms with van der Waals surface area (Å²) in [6, 6.07) is 14.2. The average molecular weight is 807 g/mol. The first-order valence-corrected chi connectivity index (χ1v) is 15.8. The number of methoxy groups -OCH3 is 2. The van der Waals surface area contributed by atoms with Crippen LogP contribution in [0.15, 0.2) is 72.8 Å². The van der Waals surface area contributed by atoms with Crippen molar-refractivity contribution in [1.82, 2.24) is 5.32 Å². The van der Waals surface area contributed by atoms with Crippen LogP contribution in [0.1, 0.15) is 23.1 Å². The van der Waals surface area contributed by atoms with Crippen molar-refractivity contribution in [2.75, 3.05) is 20.8 Å². The average Bonchev–Trinajstić information content (AvgIpc) is 3.89. The van der Waals surface area contributed by atoms with E-state index < -0.39 is 12.0 Å². The molecular formula is C41H37CuFeNO9. The van der Waals surface area contributed by atoms with Gasteiger partial charge in [0.1, 0.15) is 11.5 Å². The maximum Gasteiger partial charge on any atom is 2.00 e. The molecule has 0 spiro atoms. The van der Waals surface area contributed by atoms with Gasteiger partial charge in [0, 0.05) is 6.54 Å². The van der Waals surface area contributed by atoms with Gasteiger partial charge < -0.3 is 40.0 Å². The summed E-state index contributed by atoms with van der Waals surface area (Å²) < 4.78 is 9.86. The fraction of sp³-hybridized carbons (Fsp3) is 0.146. The van der Waals surface area contributed by atoms with E-state index in [2.05, 4.69) is 5.32 Å². The zero-order valence-electron chi connectivity index (χ0n) is 28.8. The third-order valence-corrected chi connectivity index (χ3v) is 7.13. The second kappa shape index (κ2) is 25.8. The predicted octanol–water partition coefficient (Wildman–Crippen LogP) is 2.54. The summed E-state index contributed by atoms with van der Waals surface area (Å²) in [5.74, 6) is -1.07. The van der Waals surface area contributed by atoms with E-state index in [4.69, 9.17) is 9.47 Å². The Kier molecular flexibility index (Phi) is 22.9. The van der Waals surface area contributed by atoms with Gasteiger partial charge in [-0.1, -0.05) is 72.2 Å². The molecule has 0 aliphatic heterocycles. The maximum atomic E-state index is 11.9. The first kappa shape index (κ1) is 47.0. The second-order valence-corrected chi connectivity index (χ2v) is 11.0. The number of benzene rings is 3. The van der Waals surface area contributed by atoms with E-state index in [1.165, 1.54) is 74.9 Å². The number of carboxylic acids is 1. The zero-order valence-corrected chi connectivity index (χ0v) is 30.9. The van der Waals surface area contributed by atoms with E-state index in [1.54, 1.807) is 24.3 Å². The van der Waals surface area contributed by atoms with Gasteiger partial charge in [-0.05, 0) is 111 Å². The Labute approximate surface area is 333 Å². The van der Waals surface area contributed by atoms with E-state index in [-0.39, 0.29) is 80.9 Å². The number of carboxylic acid groups (broad SMARTS) is 1. The molecule has 0 heterocycles. The van der Waals surface area contributed by atoms with Crippen LogP contribution in [-0.4, -0.2) is 44.3 Å². The fourth-order valence-corrected chi connectivity index (χ4v) is 4.44. The molecule has 2 aliphatic carbocycles. The quantitative estimate of drug-likeness (QED) is 0.145. The summed E-state index contributed by atoms with van der Waals surface area (Å²) in [6.45, 7) is 0.477. The largest absolute Gasteiger partial charge is 2.00 e. The Bertz CT molecular complexity index is 1540. The molecule has 0 aromatic heterocycles. The third kappa shape index (κ3) is 18.0. The molecule has 279 valence electrons. The van der Waals surface area contributed by atoms with Crippen molar-refractivity contribution in [3.8, 4) is 28.7 Å². The second-order valence-electron chi connectivity index (χ2n) is 11.0.